The van der Waals surface area contributed by atoms with Gasteiger partial charge in [0.15, 0.2) is 0 Å². The van der Waals surface area contributed by atoms with Crippen LogP contribution in [0.3, 0.4) is 0 Å². The van der Waals surface area contributed by atoms with Crippen molar-refractivity contribution in [2.45, 2.75) is 25.9 Å². The highest BCUT2D eigenvalue weighted by atomic mass is 79.9. The van der Waals surface area contributed by atoms with Crippen molar-refractivity contribution < 1.29 is 0 Å². The summed E-state index contributed by atoms with van der Waals surface area (Å²) in [6, 6.07) is 9.20. The van der Waals surface area contributed by atoms with E-state index in [1.165, 1.54) is 25.1 Å². The Balaban J connectivity index is 1.62. The van der Waals surface area contributed by atoms with Crippen molar-refractivity contribution in [3.05, 3.63) is 34.3 Å². The minimum absolute atomic E-state index is 0.680. The number of halogens is 1. The molecule has 1 aliphatic rings. The molecule has 1 heterocycles. The topological polar surface area (TPSA) is 27.3 Å². The van der Waals surface area contributed by atoms with Crippen molar-refractivity contribution in [1.29, 1.82) is 0 Å². The van der Waals surface area contributed by atoms with Gasteiger partial charge in [-0.1, -0.05) is 28.1 Å². The Bertz CT molecular complexity index is 360. The molecular weight excluding hydrogens is 302 g/mol. The number of hydrogen-bond acceptors (Lipinski definition) is 3. The van der Waals surface area contributed by atoms with Gasteiger partial charge in [0.25, 0.3) is 0 Å². The van der Waals surface area contributed by atoms with Crippen LogP contribution in [-0.4, -0.2) is 43.7 Å². The molecule has 0 bridgehead atoms. The van der Waals surface area contributed by atoms with Crippen LogP contribution in [0.2, 0.25) is 0 Å². The van der Waals surface area contributed by atoms with Crippen LogP contribution in [0.25, 0.3) is 0 Å². The SMILES string of the molecule is CC(CCNCc1ccc(Br)cc1)N1CCNCC1. The van der Waals surface area contributed by atoms with Crippen LogP contribution in [0.15, 0.2) is 28.7 Å². The normalized spacial score (nSPS) is 18.4. The monoisotopic (exact) mass is 325 g/mol. The van der Waals surface area contributed by atoms with E-state index in [0.29, 0.717) is 6.04 Å². The Morgan fingerprint density at radius 1 is 1.26 bits per heavy atom. The summed E-state index contributed by atoms with van der Waals surface area (Å²) in [5, 5.41) is 6.94. The molecule has 19 heavy (non-hydrogen) atoms. The van der Waals surface area contributed by atoms with Crippen LogP contribution in [0, 0.1) is 0 Å². The third-order valence-corrected chi connectivity index (χ3v) is 4.28. The van der Waals surface area contributed by atoms with Crippen LogP contribution < -0.4 is 10.6 Å². The average molecular weight is 326 g/mol. The summed E-state index contributed by atoms with van der Waals surface area (Å²) in [6.07, 6.45) is 1.22. The molecular formula is C15H24BrN3. The Kier molecular flexibility index (Phi) is 6.31. The third-order valence-electron chi connectivity index (χ3n) is 3.76. The third kappa shape index (κ3) is 5.22. The van der Waals surface area contributed by atoms with Gasteiger partial charge in [0.1, 0.15) is 0 Å². The summed E-state index contributed by atoms with van der Waals surface area (Å²) in [5.74, 6) is 0. The molecule has 4 heteroatoms. The maximum Gasteiger partial charge on any atom is 0.0205 e. The second-order valence-electron chi connectivity index (χ2n) is 5.23. The van der Waals surface area contributed by atoms with E-state index in [4.69, 9.17) is 0 Å². The first-order valence-corrected chi connectivity index (χ1v) is 7.95. The Morgan fingerprint density at radius 3 is 2.63 bits per heavy atom. The predicted molar refractivity (Wildman–Crippen MR) is 84.4 cm³/mol. The van der Waals surface area contributed by atoms with Gasteiger partial charge in [0, 0.05) is 43.2 Å². The van der Waals surface area contributed by atoms with E-state index in [9.17, 15) is 0 Å². The van der Waals surface area contributed by atoms with E-state index in [1.54, 1.807) is 0 Å². The average Bonchev–Trinajstić information content (AvgIpc) is 2.46. The minimum atomic E-state index is 0.680. The Labute approximate surface area is 124 Å². The number of nitrogens with zero attached hydrogens (tertiary/aromatic N) is 1. The van der Waals surface area contributed by atoms with Crippen molar-refractivity contribution in [2.24, 2.45) is 0 Å². The molecule has 1 aliphatic heterocycles. The highest BCUT2D eigenvalue weighted by Crippen LogP contribution is 2.10. The lowest BCUT2D eigenvalue weighted by atomic mass is 10.1. The van der Waals surface area contributed by atoms with Gasteiger partial charge in [-0.25, -0.2) is 0 Å². The van der Waals surface area contributed by atoms with Gasteiger partial charge < -0.3 is 10.6 Å². The van der Waals surface area contributed by atoms with E-state index < -0.39 is 0 Å². The largest absolute Gasteiger partial charge is 0.314 e. The van der Waals surface area contributed by atoms with Gasteiger partial charge in [-0.15, -0.1) is 0 Å². The fraction of sp³-hybridized carbons (Fsp3) is 0.600. The van der Waals surface area contributed by atoms with Crippen LogP contribution in [0.5, 0.6) is 0 Å². The van der Waals surface area contributed by atoms with Crippen LogP contribution in [-0.2, 0) is 6.54 Å². The molecule has 3 nitrogen and oxygen atoms in total. The summed E-state index contributed by atoms with van der Waals surface area (Å²) in [5.41, 5.74) is 1.35. The Hall–Kier alpha value is -0.420. The van der Waals surface area contributed by atoms with Crippen molar-refractivity contribution in [1.82, 2.24) is 15.5 Å². The van der Waals surface area contributed by atoms with Gasteiger partial charge in [-0.2, -0.15) is 0 Å². The molecule has 1 fully saturated rings. The van der Waals surface area contributed by atoms with Crippen molar-refractivity contribution in [2.75, 3.05) is 32.7 Å². The van der Waals surface area contributed by atoms with E-state index in [1.807, 2.05) is 0 Å². The van der Waals surface area contributed by atoms with Crippen molar-refractivity contribution in [3.63, 3.8) is 0 Å². The highest BCUT2D eigenvalue weighted by molar-refractivity contribution is 9.10. The first-order valence-electron chi connectivity index (χ1n) is 7.15. The molecule has 0 aromatic heterocycles. The molecule has 2 N–H and O–H groups in total. The zero-order valence-electron chi connectivity index (χ0n) is 11.7. The molecule has 106 valence electrons. The molecule has 1 aromatic rings. The molecule has 0 aliphatic carbocycles. The van der Waals surface area contributed by atoms with Crippen molar-refractivity contribution in [3.8, 4) is 0 Å². The molecule has 1 unspecified atom stereocenters. The molecule has 2 rings (SSSR count). The highest BCUT2D eigenvalue weighted by Gasteiger charge is 2.15. The van der Waals surface area contributed by atoms with E-state index in [2.05, 4.69) is 62.7 Å². The van der Waals surface area contributed by atoms with E-state index in [-0.39, 0.29) is 0 Å². The number of nitrogens with one attached hydrogen (secondary N) is 2. The van der Waals surface area contributed by atoms with Gasteiger partial charge in [0.05, 0.1) is 0 Å². The van der Waals surface area contributed by atoms with E-state index in [0.717, 1.165) is 30.7 Å². The lowest BCUT2D eigenvalue weighted by Gasteiger charge is -2.32. The molecule has 0 spiro atoms. The summed E-state index contributed by atoms with van der Waals surface area (Å²) in [6.45, 7) is 9.03. The molecule has 0 radical (unpaired) electrons. The van der Waals surface area contributed by atoms with Crippen LogP contribution in [0.4, 0.5) is 0 Å². The fourth-order valence-electron chi connectivity index (χ4n) is 2.45. The smallest absolute Gasteiger partial charge is 0.0205 e. The minimum Gasteiger partial charge on any atom is -0.314 e. The number of hydrogen-bond donors (Lipinski definition) is 2. The second kappa shape index (κ2) is 8.00. The van der Waals surface area contributed by atoms with Crippen LogP contribution in [0.1, 0.15) is 18.9 Å². The number of benzene rings is 1. The molecule has 0 saturated carbocycles. The van der Waals surface area contributed by atoms with Gasteiger partial charge in [-0.05, 0) is 37.6 Å². The maximum absolute atomic E-state index is 3.53. The maximum atomic E-state index is 3.53. The summed E-state index contributed by atoms with van der Waals surface area (Å²) in [7, 11) is 0. The molecule has 1 aromatic carbocycles. The van der Waals surface area contributed by atoms with Gasteiger partial charge in [0.2, 0.25) is 0 Å². The molecule has 0 amide bonds. The second-order valence-corrected chi connectivity index (χ2v) is 6.14. The number of piperazine rings is 1. The standard InChI is InChI=1S/C15H24BrN3/c1-13(19-10-8-17-9-11-19)6-7-18-12-14-2-4-15(16)5-3-14/h2-5,13,17-18H,6-12H2,1H3. The van der Waals surface area contributed by atoms with Gasteiger partial charge in [-0.3, -0.25) is 4.90 Å². The first kappa shape index (κ1) is 15.0. The zero-order chi connectivity index (χ0) is 13.5. The Morgan fingerprint density at radius 2 is 1.95 bits per heavy atom. The lowest BCUT2D eigenvalue weighted by Crippen LogP contribution is -2.48. The fourth-order valence-corrected chi connectivity index (χ4v) is 2.72. The number of rotatable bonds is 6. The molecule has 1 saturated heterocycles. The zero-order valence-corrected chi connectivity index (χ0v) is 13.2. The first-order chi connectivity index (χ1) is 9.25. The summed E-state index contributed by atoms with van der Waals surface area (Å²) in [4.78, 5) is 2.58. The van der Waals surface area contributed by atoms with E-state index >= 15 is 0 Å². The van der Waals surface area contributed by atoms with Gasteiger partial charge >= 0.3 is 0 Å². The molecule has 1 atom stereocenters. The summed E-state index contributed by atoms with van der Waals surface area (Å²) >= 11 is 3.46. The quantitative estimate of drug-likeness (QED) is 0.785. The van der Waals surface area contributed by atoms with Crippen LogP contribution >= 0.6 is 15.9 Å². The summed E-state index contributed by atoms with van der Waals surface area (Å²) < 4.78 is 1.14. The lowest BCUT2D eigenvalue weighted by molar-refractivity contribution is 0.176. The predicted octanol–water partition coefficient (Wildman–Crippen LogP) is 2.22. The van der Waals surface area contributed by atoms with Crippen molar-refractivity contribution >= 4 is 15.9 Å².